The van der Waals surface area contributed by atoms with Crippen LogP contribution in [0.2, 0.25) is 0 Å². The normalized spacial score (nSPS) is 18.2. The summed E-state index contributed by atoms with van der Waals surface area (Å²) in [6.07, 6.45) is 3.36. The van der Waals surface area contributed by atoms with Gasteiger partial charge in [-0.3, -0.25) is 9.69 Å². The lowest BCUT2D eigenvalue weighted by molar-refractivity contribution is -0.116. The molecule has 3 heterocycles. The second kappa shape index (κ2) is 7.75. The van der Waals surface area contributed by atoms with E-state index in [1.54, 1.807) is 18.4 Å². The highest BCUT2D eigenvalue weighted by atomic mass is 32.1. The Balaban J connectivity index is 1.58. The number of likely N-dealkylation sites (tertiary alicyclic amines) is 1. The van der Waals surface area contributed by atoms with Crippen molar-refractivity contribution in [3.63, 3.8) is 0 Å². The topological polar surface area (TPSA) is 109 Å². The number of piperidine rings is 1. The van der Waals surface area contributed by atoms with Gasteiger partial charge in [-0.2, -0.15) is 4.98 Å². The molecular formula is C16H20N4O4S. The molecule has 1 amide bonds. The van der Waals surface area contributed by atoms with Crippen LogP contribution in [0.15, 0.2) is 16.0 Å². The fraction of sp³-hybridized carbons (Fsp3) is 0.500. The molecular weight excluding hydrogens is 344 g/mol. The number of hydrogen-bond donors (Lipinski definition) is 2. The van der Waals surface area contributed by atoms with Gasteiger partial charge in [0.2, 0.25) is 11.8 Å². The monoisotopic (exact) mass is 364 g/mol. The third-order valence-corrected chi connectivity index (χ3v) is 5.10. The fourth-order valence-electron chi connectivity index (χ4n) is 3.02. The van der Waals surface area contributed by atoms with Gasteiger partial charge in [0.05, 0.1) is 11.7 Å². The molecule has 0 spiro atoms. The summed E-state index contributed by atoms with van der Waals surface area (Å²) in [4.78, 5) is 29.9. The molecule has 2 aromatic heterocycles. The van der Waals surface area contributed by atoms with Gasteiger partial charge in [0, 0.05) is 13.0 Å². The number of nitrogens with zero attached hydrogens (tertiary/aromatic N) is 3. The summed E-state index contributed by atoms with van der Waals surface area (Å²) in [5.74, 6) is -0.0272. The quantitative estimate of drug-likeness (QED) is 0.811. The molecule has 0 unspecified atom stereocenters. The Morgan fingerprint density at radius 2 is 2.32 bits per heavy atom. The lowest BCUT2D eigenvalue weighted by atomic mass is 10.0. The molecule has 8 nitrogen and oxygen atoms in total. The summed E-state index contributed by atoms with van der Waals surface area (Å²) >= 11 is 1.09. The first-order valence-electron chi connectivity index (χ1n) is 8.19. The van der Waals surface area contributed by atoms with Crippen LogP contribution >= 0.6 is 11.3 Å². The fourth-order valence-corrected chi connectivity index (χ4v) is 3.70. The van der Waals surface area contributed by atoms with Crippen molar-refractivity contribution in [2.45, 2.75) is 38.6 Å². The van der Waals surface area contributed by atoms with Gasteiger partial charge in [0.1, 0.15) is 4.88 Å². The van der Waals surface area contributed by atoms with Crippen molar-refractivity contribution < 1.29 is 19.2 Å². The second-order valence-corrected chi connectivity index (χ2v) is 6.91. The highest BCUT2D eigenvalue weighted by molar-refractivity contribution is 7.12. The zero-order valence-corrected chi connectivity index (χ0v) is 14.7. The van der Waals surface area contributed by atoms with Gasteiger partial charge in [-0.15, -0.1) is 11.3 Å². The highest BCUT2D eigenvalue weighted by Crippen LogP contribution is 2.30. The molecule has 1 aliphatic heterocycles. The number of carboxylic acids is 1. The third kappa shape index (κ3) is 4.23. The number of nitrogens with one attached hydrogen (secondary N) is 1. The van der Waals surface area contributed by atoms with E-state index < -0.39 is 5.97 Å². The number of aromatic nitrogens is 2. The van der Waals surface area contributed by atoms with Gasteiger partial charge in [-0.25, -0.2) is 4.79 Å². The van der Waals surface area contributed by atoms with Crippen molar-refractivity contribution >= 4 is 28.9 Å². The Labute approximate surface area is 148 Å². The molecule has 0 aromatic carbocycles. The minimum atomic E-state index is -1.03. The van der Waals surface area contributed by atoms with Crippen LogP contribution < -0.4 is 5.32 Å². The number of thiophene rings is 1. The van der Waals surface area contributed by atoms with E-state index >= 15 is 0 Å². The van der Waals surface area contributed by atoms with Crippen LogP contribution in [0.5, 0.6) is 0 Å². The molecule has 0 radical (unpaired) electrons. The van der Waals surface area contributed by atoms with Crippen LogP contribution in [0.3, 0.4) is 0 Å². The number of amides is 1. The lowest BCUT2D eigenvalue weighted by Gasteiger charge is -2.33. The van der Waals surface area contributed by atoms with Gasteiger partial charge >= 0.3 is 5.97 Å². The maximum absolute atomic E-state index is 12.2. The van der Waals surface area contributed by atoms with Gasteiger partial charge < -0.3 is 14.9 Å². The number of carbonyl (C=O) groups is 2. The molecule has 1 atom stereocenters. The van der Waals surface area contributed by atoms with Crippen LogP contribution in [0.1, 0.15) is 53.1 Å². The van der Waals surface area contributed by atoms with Crippen LogP contribution in [-0.2, 0) is 4.79 Å². The first-order valence-corrected chi connectivity index (χ1v) is 9.07. The molecule has 0 aliphatic carbocycles. The van der Waals surface area contributed by atoms with E-state index in [-0.39, 0.29) is 23.2 Å². The summed E-state index contributed by atoms with van der Waals surface area (Å²) in [5.41, 5.74) is 0.352. The summed E-state index contributed by atoms with van der Waals surface area (Å²) in [6, 6.07) is 1.65. The van der Waals surface area contributed by atoms with Crippen LogP contribution in [-0.4, -0.2) is 45.1 Å². The number of anilines is 1. The number of hydrogen-bond acceptors (Lipinski definition) is 7. The van der Waals surface area contributed by atoms with Crippen molar-refractivity contribution in [2.24, 2.45) is 0 Å². The smallest absolute Gasteiger partial charge is 0.348 e. The molecule has 134 valence electrons. The lowest BCUT2D eigenvalue weighted by Crippen LogP contribution is -2.36. The summed E-state index contributed by atoms with van der Waals surface area (Å²) in [5, 5.41) is 17.3. The number of carboxylic acid groups (broad SMARTS) is 1. The Hall–Kier alpha value is -2.26. The van der Waals surface area contributed by atoms with E-state index in [1.165, 1.54) is 0 Å². The maximum atomic E-state index is 12.2. The van der Waals surface area contributed by atoms with Crippen LogP contribution in [0.4, 0.5) is 5.69 Å². The molecule has 9 heteroatoms. The Bertz CT molecular complexity index is 757. The van der Waals surface area contributed by atoms with Gasteiger partial charge in [-0.1, -0.05) is 11.6 Å². The summed E-state index contributed by atoms with van der Waals surface area (Å²) < 4.78 is 5.30. The number of aryl methyl sites for hydroxylation is 1. The summed E-state index contributed by atoms with van der Waals surface area (Å²) in [7, 11) is 0. The van der Waals surface area contributed by atoms with E-state index in [0.29, 0.717) is 23.9 Å². The van der Waals surface area contributed by atoms with Crippen molar-refractivity contribution in [1.82, 2.24) is 15.0 Å². The summed E-state index contributed by atoms with van der Waals surface area (Å²) in [6.45, 7) is 3.22. The Kier molecular flexibility index (Phi) is 5.44. The largest absolute Gasteiger partial charge is 0.477 e. The molecule has 3 rings (SSSR count). The molecule has 1 saturated heterocycles. The first-order chi connectivity index (χ1) is 12.0. The van der Waals surface area contributed by atoms with Crippen molar-refractivity contribution in [3.05, 3.63) is 28.0 Å². The van der Waals surface area contributed by atoms with E-state index in [0.717, 1.165) is 37.1 Å². The number of carbonyl (C=O) groups excluding carboxylic acids is 1. The number of rotatable bonds is 6. The first kappa shape index (κ1) is 17.6. The van der Waals surface area contributed by atoms with Crippen molar-refractivity contribution in [1.29, 1.82) is 0 Å². The predicted octanol–water partition coefficient (Wildman–Crippen LogP) is 2.69. The molecule has 1 aliphatic rings. The molecule has 0 bridgehead atoms. The van der Waals surface area contributed by atoms with Gasteiger partial charge in [0.15, 0.2) is 5.82 Å². The van der Waals surface area contributed by atoms with Crippen LogP contribution in [0, 0.1) is 6.92 Å². The van der Waals surface area contributed by atoms with E-state index in [9.17, 15) is 9.59 Å². The minimum absolute atomic E-state index is 0.0403. The second-order valence-electron chi connectivity index (χ2n) is 5.99. The SMILES string of the molecule is Cc1noc([C@H]2CCCCN2CCC(=O)Nc2ccsc2C(=O)O)n1. The van der Waals surface area contributed by atoms with Crippen molar-refractivity contribution in [3.8, 4) is 0 Å². The van der Waals surface area contributed by atoms with E-state index in [2.05, 4.69) is 20.4 Å². The minimum Gasteiger partial charge on any atom is -0.477 e. The Morgan fingerprint density at radius 1 is 1.48 bits per heavy atom. The molecule has 25 heavy (non-hydrogen) atoms. The molecule has 2 aromatic rings. The van der Waals surface area contributed by atoms with Gasteiger partial charge in [-0.05, 0) is 37.8 Å². The van der Waals surface area contributed by atoms with Gasteiger partial charge in [0.25, 0.3) is 0 Å². The standard InChI is InChI=1S/C16H20N4O4S/c1-10-17-15(24-19-10)12-4-2-3-7-20(12)8-5-13(21)18-11-6-9-25-14(11)16(22)23/h6,9,12H,2-5,7-8H2,1H3,(H,18,21)(H,22,23)/t12-/m1/s1. The third-order valence-electron chi connectivity index (χ3n) is 4.20. The predicted molar refractivity (Wildman–Crippen MR) is 91.7 cm³/mol. The zero-order chi connectivity index (χ0) is 17.8. The highest BCUT2D eigenvalue weighted by Gasteiger charge is 2.28. The molecule has 1 fully saturated rings. The van der Waals surface area contributed by atoms with E-state index in [4.69, 9.17) is 9.63 Å². The maximum Gasteiger partial charge on any atom is 0.348 e. The zero-order valence-electron chi connectivity index (χ0n) is 13.9. The average molecular weight is 364 g/mol. The molecule has 0 saturated carbocycles. The van der Waals surface area contributed by atoms with E-state index in [1.807, 2.05) is 0 Å². The Morgan fingerprint density at radius 3 is 3.04 bits per heavy atom. The molecule has 2 N–H and O–H groups in total. The van der Waals surface area contributed by atoms with Crippen LogP contribution in [0.25, 0.3) is 0 Å². The number of aromatic carboxylic acids is 1. The average Bonchev–Trinajstić information content (AvgIpc) is 3.22. The van der Waals surface area contributed by atoms with Crippen molar-refractivity contribution in [2.75, 3.05) is 18.4 Å².